The van der Waals surface area contributed by atoms with E-state index in [-0.39, 0.29) is 29.1 Å². The van der Waals surface area contributed by atoms with Crippen LogP contribution in [0.1, 0.15) is 38.8 Å². The van der Waals surface area contributed by atoms with E-state index in [4.69, 9.17) is 4.74 Å². The summed E-state index contributed by atoms with van der Waals surface area (Å²) >= 11 is 0. The van der Waals surface area contributed by atoms with E-state index in [1.807, 2.05) is 0 Å². The lowest BCUT2D eigenvalue weighted by atomic mass is 9.82. The number of fused-ring (bicyclic) bond motifs is 1. The fourth-order valence-electron chi connectivity index (χ4n) is 2.94. The van der Waals surface area contributed by atoms with E-state index >= 15 is 0 Å². The van der Waals surface area contributed by atoms with Crippen LogP contribution in [0.5, 0.6) is 5.75 Å². The molecule has 0 saturated heterocycles. The van der Waals surface area contributed by atoms with Gasteiger partial charge in [0.05, 0.1) is 12.7 Å². The van der Waals surface area contributed by atoms with Gasteiger partial charge in [-0.3, -0.25) is 9.59 Å². The summed E-state index contributed by atoms with van der Waals surface area (Å²) in [6, 6.07) is 9.25. The molecule has 134 valence electrons. The number of allylic oxidation sites excluding steroid dienone is 2. The first-order valence-electron chi connectivity index (χ1n) is 7.85. The van der Waals surface area contributed by atoms with Crippen LogP contribution in [0.3, 0.4) is 0 Å². The van der Waals surface area contributed by atoms with Crippen molar-refractivity contribution in [1.29, 1.82) is 0 Å². The van der Waals surface area contributed by atoms with Gasteiger partial charge in [0.2, 0.25) is 0 Å². The molecule has 0 atom stereocenters. The molecule has 0 heterocycles. The molecule has 1 aliphatic rings. The average Bonchev–Trinajstić information content (AvgIpc) is 2.62. The number of hydrogen-bond donors (Lipinski definition) is 0. The Morgan fingerprint density at radius 3 is 2.15 bits per heavy atom. The molecule has 3 rings (SSSR count). The number of Topliss-reactive ketones (excluding diaryl/α,β-unsaturated/α-hetero) is 2. The van der Waals surface area contributed by atoms with Crippen LogP contribution in [-0.4, -0.2) is 18.7 Å². The fourth-order valence-corrected chi connectivity index (χ4v) is 2.94. The predicted molar refractivity (Wildman–Crippen MR) is 89.5 cm³/mol. The standard InChI is InChI=1S/C20H15F3O3/c1-11-16(9-12-3-5-13(6-4-12)20(21,22)23)19(25)15-8-7-14(26-2)10-17(15)18(11)24/h3-8,10H,9H2,1-2H3. The van der Waals surface area contributed by atoms with Crippen LogP contribution in [0.25, 0.3) is 0 Å². The Morgan fingerprint density at radius 1 is 0.923 bits per heavy atom. The third kappa shape index (κ3) is 3.14. The van der Waals surface area contributed by atoms with Crippen LogP contribution in [0, 0.1) is 0 Å². The van der Waals surface area contributed by atoms with Crippen molar-refractivity contribution < 1.29 is 27.5 Å². The number of hydrogen-bond acceptors (Lipinski definition) is 3. The summed E-state index contributed by atoms with van der Waals surface area (Å²) in [5.41, 5.74) is 0.940. The zero-order valence-corrected chi connectivity index (χ0v) is 14.1. The van der Waals surface area contributed by atoms with Gasteiger partial charge in [-0.25, -0.2) is 0 Å². The minimum absolute atomic E-state index is 0.0972. The highest BCUT2D eigenvalue weighted by Crippen LogP contribution is 2.32. The quantitative estimate of drug-likeness (QED) is 0.800. The van der Waals surface area contributed by atoms with E-state index in [2.05, 4.69) is 0 Å². The van der Waals surface area contributed by atoms with Crippen molar-refractivity contribution in [3.8, 4) is 5.75 Å². The Hall–Kier alpha value is -2.89. The second-order valence-corrected chi connectivity index (χ2v) is 6.04. The summed E-state index contributed by atoms with van der Waals surface area (Å²) in [6.07, 6.45) is -4.32. The van der Waals surface area contributed by atoms with Crippen molar-refractivity contribution in [3.63, 3.8) is 0 Å². The first-order chi connectivity index (χ1) is 12.2. The van der Waals surface area contributed by atoms with Crippen molar-refractivity contribution in [2.24, 2.45) is 0 Å². The number of benzene rings is 2. The largest absolute Gasteiger partial charge is 0.497 e. The molecule has 0 spiro atoms. The number of alkyl halides is 3. The number of ether oxygens (including phenoxy) is 1. The molecule has 0 radical (unpaired) electrons. The third-order valence-corrected chi connectivity index (χ3v) is 4.45. The minimum atomic E-state index is -4.41. The Bertz CT molecular complexity index is 922. The minimum Gasteiger partial charge on any atom is -0.497 e. The van der Waals surface area contributed by atoms with Crippen LogP contribution >= 0.6 is 0 Å². The molecular formula is C20H15F3O3. The monoisotopic (exact) mass is 360 g/mol. The predicted octanol–water partition coefficient (Wildman–Crippen LogP) is 4.65. The summed E-state index contributed by atoms with van der Waals surface area (Å²) in [5, 5.41) is 0. The van der Waals surface area contributed by atoms with Gasteiger partial charge in [0.1, 0.15) is 5.75 Å². The lowest BCUT2D eigenvalue weighted by molar-refractivity contribution is -0.137. The molecule has 1 aliphatic carbocycles. The molecule has 2 aromatic rings. The van der Waals surface area contributed by atoms with Crippen molar-refractivity contribution in [1.82, 2.24) is 0 Å². The third-order valence-electron chi connectivity index (χ3n) is 4.45. The van der Waals surface area contributed by atoms with Gasteiger partial charge in [-0.05, 0) is 42.8 Å². The molecule has 2 aromatic carbocycles. The van der Waals surface area contributed by atoms with Gasteiger partial charge in [-0.1, -0.05) is 12.1 Å². The van der Waals surface area contributed by atoms with Crippen LogP contribution in [0.15, 0.2) is 53.6 Å². The Morgan fingerprint density at radius 2 is 1.58 bits per heavy atom. The van der Waals surface area contributed by atoms with Crippen LogP contribution in [-0.2, 0) is 12.6 Å². The smallest absolute Gasteiger partial charge is 0.416 e. The summed E-state index contributed by atoms with van der Waals surface area (Å²) in [6.45, 7) is 1.56. The van der Waals surface area contributed by atoms with Gasteiger partial charge in [-0.2, -0.15) is 13.2 Å². The van der Waals surface area contributed by atoms with Crippen LogP contribution in [0.4, 0.5) is 13.2 Å². The zero-order valence-electron chi connectivity index (χ0n) is 14.1. The molecule has 0 unspecified atom stereocenters. The van der Waals surface area contributed by atoms with Crippen molar-refractivity contribution >= 4 is 11.6 Å². The molecular weight excluding hydrogens is 345 g/mol. The highest BCUT2D eigenvalue weighted by Gasteiger charge is 2.32. The van der Waals surface area contributed by atoms with Gasteiger partial charge in [0.25, 0.3) is 0 Å². The first-order valence-corrected chi connectivity index (χ1v) is 7.85. The van der Waals surface area contributed by atoms with Gasteiger partial charge < -0.3 is 4.74 Å². The summed E-state index contributed by atoms with van der Waals surface area (Å²) in [7, 11) is 1.47. The normalized spacial score (nSPS) is 14.5. The fraction of sp³-hybridized carbons (Fsp3) is 0.200. The molecule has 0 fully saturated rings. The zero-order chi connectivity index (χ0) is 19.1. The molecule has 6 heteroatoms. The van der Waals surface area contributed by atoms with Crippen LogP contribution in [0.2, 0.25) is 0 Å². The maximum absolute atomic E-state index is 12.8. The van der Waals surface area contributed by atoms with E-state index in [0.717, 1.165) is 12.1 Å². The van der Waals surface area contributed by atoms with E-state index < -0.39 is 11.7 Å². The molecule has 0 aliphatic heterocycles. The first kappa shape index (κ1) is 17.9. The van der Waals surface area contributed by atoms with Gasteiger partial charge >= 0.3 is 6.18 Å². The van der Waals surface area contributed by atoms with Crippen molar-refractivity contribution in [2.45, 2.75) is 19.5 Å². The van der Waals surface area contributed by atoms with Gasteiger partial charge in [-0.15, -0.1) is 0 Å². The Balaban J connectivity index is 1.94. The highest BCUT2D eigenvalue weighted by atomic mass is 19.4. The average molecular weight is 360 g/mol. The maximum Gasteiger partial charge on any atom is 0.416 e. The number of halogens is 3. The van der Waals surface area contributed by atoms with E-state index in [1.54, 1.807) is 13.0 Å². The SMILES string of the molecule is COc1ccc2c(c1)C(=O)C(C)=C(Cc1ccc(C(F)(F)F)cc1)C2=O. The lowest BCUT2D eigenvalue weighted by Gasteiger charge is -2.20. The summed E-state index contributed by atoms with van der Waals surface area (Å²) < 4.78 is 43.1. The van der Waals surface area contributed by atoms with Crippen molar-refractivity contribution in [3.05, 3.63) is 75.9 Å². The van der Waals surface area contributed by atoms with E-state index in [0.29, 0.717) is 22.5 Å². The van der Waals surface area contributed by atoms with Gasteiger partial charge in [0, 0.05) is 28.7 Å². The number of carbonyl (C=O) groups excluding carboxylic acids is 2. The molecule has 0 aromatic heterocycles. The van der Waals surface area contributed by atoms with Crippen molar-refractivity contribution in [2.75, 3.05) is 7.11 Å². The summed E-state index contributed by atoms with van der Waals surface area (Å²) in [4.78, 5) is 25.4. The molecule has 3 nitrogen and oxygen atoms in total. The molecule has 0 amide bonds. The second kappa shape index (κ2) is 6.44. The van der Waals surface area contributed by atoms with Crippen LogP contribution < -0.4 is 4.74 Å². The topological polar surface area (TPSA) is 43.4 Å². The Kier molecular flexibility index (Phi) is 4.44. The molecule has 0 N–H and O–H groups in total. The second-order valence-electron chi connectivity index (χ2n) is 6.04. The molecule has 0 bridgehead atoms. The highest BCUT2D eigenvalue weighted by molar-refractivity contribution is 6.26. The number of ketones is 2. The lowest BCUT2D eigenvalue weighted by Crippen LogP contribution is -2.22. The van der Waals surface area contributed by atoms with E-state index in [1.165, 1.54) is 31.4 Å². The molecule has 0 saturated carbocycles. The summed E-state index contributed by atoms with van der Waals surface area (Å²) in [5.74, 6) is -0.0936. The molecule has 26 heavy (non-hydrogen) atoms. The maximum atomic E-state index is 12.8. The number of methoxy groups -OCH3 is 1. The van der Waals surface area contributed by atoms with Gasteiger partial charge in [0.15, 0.2) is 11.6 Å². The Labute approximate surface area is 148 Å². The number of carbonyl (C=O) groups is 2. The van der Waals surface area contributed by atoms with E-state index in [9.17, 15) is 22.8 Å². The number of rotatable bonds is 3.